The number of aryl methyl sites for hydroxylation is 2. The smallest absolute Gasteiger partial charge is 0.272 e. The highest BCUT2D eigenvalue weighted by molar-refractivity contribution is 6.17. The van der Waals surface area contributed by atoms with E-state index in [1.165, 1.54) is 0 Å². The SMILES string of the molecule is Cc1nc2ccccc2n(CCCCl)c1=O. The van der Waals surface area contributed by atoms with E-state index in [0.29, 0.717) is 18.1 Å². The molecule has 0 fully saturated rings. The first-order chi connectivity index (χ1) is 7.74. The van der Waals surface area contributed by atoms with Crippen LogP contribution >= 0.6 is 11.6 Å². The molecule has 1 heterocycles. The van der Waals surface area contributed by atoms with Gasteiger partial charge in [0, 0.05) is 12.4 Å². The van der Waals surface area contributed by atoms with E-state index in [2.05, 4.69) is 4.98 Å². The molecule has 0 amide bonds. The summed E-state index contributed by atoms with van der Waals surface area (Å²) < 4.78 is 1.75. The zero-order valence-corrected chi connectivity index (χ0v) is 9.87. The van der Waals surface area contributed by atoms with E-state index in [1.807, 2.05) is 24.3 Å². The minimum Gasteiger partial charge on any atom is -0.305 e. The quantitative estimate of drug-likeness (QED) is 0.767. The highest BCUT2D eigenvalue weighted by atomic mass is 35.5. The second-order valence-corrected chi connectivity index (χ2v) is 4.06. The normalized spacial score (nSPS) is 10.9. The molecule has 0 aliphatic carbocycles. The number of para-hydroxylation sites is 2. The molecule has 3 nitrogen and oxygen atoms in total. The van der Waals surface area contributed by atoms with Crippen molar-refractivity contribution in [1.82, 2.24) is 9.55 Å². The zero-order valence-electron chi connectivity index (χ0n) is 9.11. The van der Waals surface area contributed by atoms with Crippen LogP contribution in [0.2, 0.25) is 0 Å². The molecule has 2 aromatic rings. The number of benzene rings is 1. The van der Waals surface area contributed by atoms with Crippen LogP contribution in [0.3, 0.4) is 0 Å². The Labute approximate surface area is 98.7 Å². The summed E-state index contributed by atoms with van der Waals surface area (Å²) in [7, 11) is 0. The van der Waals surface area contributed by atoms with Gasteiger partial charge in [-0.15, -0.1) is 11.6 Å². The average Bonchev–Trinajstić information content (AvgIpc) is 2.30. The summed E-state index contributed by atoms with van der Waals surface area (Å²) in [6, 6.07) is 7.66. The van der Waals surface area contributed by atoms with Crippen molar-refractivity contribution in [2.45, 2.75) is 19.9 Å². The van der Waals surface area contributed by atoms with Crippen molar-refractivity contribution in [3.63, 3.8) is 0 Å². The fourth-order valence-corrected chi connectivity index (χ4v) is 1.88. The van der Waals surface area contributed by atoms with Crippen molar-refractivity contribution >= 4 is 22.6 Å². The number of rotatable bonds is 3. The Morgan fingerprint density at radius 2 is 2.12 bits per heavy atom. The number of halogens is 1. The third kappa shape index (κ3) is 1.95. The van der Waals surface area contributed by atoms with Crippen molar-refractivity contribution in [2.24, 2.45) is 0 Å². The molecule has 0 atom stereocenters. The van der Waals surface area contributed by atoms with Crippen molar-refractivity contribution in [3.05, 3.63) is 40.3 Å². The molecular formula is C12H13ClN2O. The van der Waals surface area contributed by atoms with Crippen LogP contribution in [0.1, 0.15) is 12.1 Å². The third-order valence-corrected chi connectivity index (χ3v) is 2.80. The second-order valence-electron chi connectivity index (χ2n) is 3.69. The van der Waals surface area contributed by atoms with E-state index in [0.717, 1.165) is 17.5 Å². The van der Waals surface area contributed by atoms with Gasteiger partial charge in [-0.2, -0.15) is 0 Å². The fraction of sp³-hybridized carbons (Fsp3) is 0.333. The van der Waals surface area contributed by atoms with Crippen LogP contribution in [-0.4, -0.2) is 15.4 Å². The molecule has 0 saturated carbocycles. The van der Waals surface area contributed by atoms with Gasteiger partial charge in [-0.05, 0) is 25.5 Å². The summed E-state index contributed by atoms with van der Waals surface area (Å²) in [6.07, 6.45) is 0.787. The van der Waals surface area contributed by atoms with E-state index in [4.69, 9.17) is 11.6 Å². The van der Waals surface area contributed by atoms with Crippen LogP contribution in [0, 0.1) is 6.92 Å². The minimum absolute atomic E-state index is 0.0242. The molecule has 0 radical (unpaired) electrons. The first-order valence-electron chi connectivity index (χ1n) is 5.26. The van der Waals surface area contributed by atoms with Crippen molar-refractivity contribution < 1.29 is 0 Å². The first kappa shape index (κ1) is 11.1. The highest BCUT2D eigenvalue weighted by Gasteiger charge is 2.06. The number of aromatic nitrogens is 2. The summed E-state index contributed by atoms with van der Waals surface area (Å²) in [6.45, 7) is 2.39. The minimum atomic E-state index is -0.0242. The maximum absolute atomic E-state index is 11.9. The summed E-state index contributed by atoms with van der Waals surface area (Å²) in [4.78, 5) is 16.2. The Morgan fingerprint density at radius 3 is 2.88 bits per heavy atom. The predicted octanol–water partition coefficient (Wildman–Crippen LogP) is 2.33. The second kappa shape index (κ2) is 4.66. The Morgan fingerprint density at radius 1 is 1.38 bits per heavy atom. The number of hydrogen-bond acceptors (Lipinski definition) is 2. The predicted molar refractivity (Wildman–Crippen MR) is 66.1 cm³/mol. The molecular weight excluding hydrogens is 224 g/mol. The lowest BCUT2D eigenvalue weighted by Gasteiger charge is -2.09. The summed E-state index contributed by atoms with van der Waals surface area (Å²) in [5, 5.41) is 0. The molecule has 1 aromatic carbocycles. The highest BCUT2D eigenvalue weighted by Crippen LogP contribution is 2.10. The number of fused-ring (bicyclic) bond motifs is 1. The van der Waals surface area contributed by atoms with E-state index in [-0.39, 0.29) is 5.56 Å². The van der Waals surface area contributed by atoms with Crippen molar-refractivity contribution in [1.29, 1.82) is 0 Å². The summed E-state index contributed by atoms with van der Waals surface area (Å²) in [5.41, 5.74) is 2.24. The Kier molecular flexibility index (Phi) is 3.25. The molecule has 0 aliphatic heterocycles. The molecule has 0 bridgehead atoms. The van der Waals surface area contributed by atoms with Crippen LogP contribution in [0.4, 0.5) is 0 Å². The number of hydrogen-bond donors (Lipinski definition) is 0. The largest absolute Gasteiger partial charge is 0.305 e. The van der Waals surface area contributed by atoms with Crippen LogP contribution in [-0.2, 0) is 6.54 Å². The van der Waals surface area contributed by atoms with Gasteiger partial charge in [0.15, 0.2) is 0 Å². The lowest BCUT2D eigenvalue weighted by Crippen LogP contribution is -2.24. The lowest BCUT2D eigenvalue weighted by molar-refractivity contribution is 0.672. The molecule has 0 aliphatic rings. The zero-order chi connectivity index (χ0) is 11.5. The van der Waals surface area contributed by atoms with Gasteiger partial charge >= 0.3 is 0 Å². The van der Waals surface area contributed by atoms with E-state index >= 15 is 0 Å². The number of alkyl halides is 1. The maximum atomic E-state index is 11.9. The molecule has 4 heteroatoms. The number of nitrogens with zero attached hydrogens (tertiary/aromatic N) is 2. The lowest BCUT2D eigenvalue weighted by atomic mass is 10.2. The molecule has 1 aromatic heterocycles. The van der Waals surface area contributed by atoms with Crippen LogP contribution in [0.15, 0.2) is 29.1 Å². The van der Waals surface area contributed by atoms with Crippen molar-refractivity contribution in [2.75, 3.05) is 5.88 Å². The standard InChI is InChI=1S/C12H13ClN2O/c1-9-12(16)15(8-4-7-13)11-6-3-2-5-10(11)14-9/h2-3,5-6H,4,7-8H2,1H3. The van der Waals surface area contributed by atoms with E-state index in [9.17, 15) is 4.79 Å². The van der Waals surface area contributed by atoms with Gasteiger partial charge in [0.1, 0.15) is 5.69 Å². The van der Waals surface area contributed by atoms with Gasteiger partial charge in [-0.1, -0.05) is 12.1 Å². The average molecular weight is 237 g/mol. The van der Waals surface area contributed by atoms with Gasteiger partial charge in [0.2, 0.25) is 0 Å². The van der Waals surface area contributed by atoms with Gasteiger partial charge in [-0.3, -0.25) is 4.79 Å². The van der Waals surface area contributed by atoms with E-state index < -0.39 is 0 Å². The first-order valence-corrected chi connectivity index (χ1v) is 5.79. The molecule has 0 saturated heterocycles. The molecule has 0 unspecified atom stereocenters. The van der Waals surface area contributed by atoms with Gasteiger partial charge in [-0.25, -0.2) is 4.98 Å². The molecule has 84 valence electrons. The third-order valence-electron chi connectivity index (χ3n) is 2.53. The van der Waals surface area contributed by atoms with Crippen LogP contribution < -0.4 is 5.56 Å². The molecule has 0 spiro atoms. The maximum Gasteiger partial charge on any atom is 0.272 e. The van der Waals surface area contributed by atoms with Gasteiger partial charge < -0.3 is 4.57 Å². The molecule has 16 heavy (non-hydrogen) atoms. The Balaban J connectivity index is 2.66. The Hall–Kier alpha value is -1.35. The summed E-state index contributed by atoms with van der Waals surface area (Å²) in [5.74, 6) is 0.558. The van der Waals surface area contributed by atoms with E-state index in [1.54, 1.807) is 11.5 Å². The molecule has 0 N–H and O–H groups in total. The topological polar surface area (TPSA) is 34.9 Å². The van der Waals surface area contributed by atoms with Crippen LogP contribution in [0.25, 0.3) is 11.0 Å². The van der Waals surface area contributed by atoms with Crippen LogP contribution in [0.5, 0.6) is 0 Å². The Bertz CT molecular complexity index is 562. The van der Waals surface area contributed by atoms with Gasteiger partial charge in [0.25, 0.3) is 5.56 Å². The monoisotopic (exact) mass is 236 g/mol. The molecule has 2 rings (SSSR count). The fourth-order valence-electron chi connectivity index (χ4n) is 1.76. The van der Waals surface area contributed by atoms with Gasteiger partial charge in [0.05, 0.1) is 11.0 Å². The van der Waals surface area contributed by atoms with Crippen molar-refractivity contribution in [3.8, 4) is 0 Å². The summed E-state index contributed by atoms with van der Waals surface area (Å²) >= 11 is 5.66.